The monoisotopic (exact) mass is 279 g/mol. The Morgan fingerprint density at radius 1 is 1.12 bits per heavy atom. The first-order valence-corrected chi connectivity index (χ1v) is 8.31. The summed E-state index contributed by atoms with van der Waals surface area (Å²) in [6.45, 7) is -0.142. The van der Waals surface area contributed by atoms with Crippen LogP contribution >= 0.6 is 0 Å². The van der Waals surface area contributed by atoms with Crippen molar-refractivity contribution in [3.63, 3.8) is 0 Å². The van der Waals surface area contributed by atoms with Crippen molar-refractivity contribution in [3.05, 3.63) is 29.8 Å². The predicted octanol–water partition coefficient (Wildman–Crippen LogP) is -0.0773. The number of hydrogen-bond acceptors (Lipinski definition) is 5. The predicted molar refractivity (Wildman–Crippen MR) is 64.6 cm³/mol. The number of sulfone groups is 1. The molecule has 0 aliphatic rings. The minimum Gasteiger partial charge on any atom is -0.392 e. The highest BCUT2D eigenvalue weighted by Crippen LogP contribution is 2.12. The zero-order valence-corrected chi connectivity index (χ0v) is 10.8. The van der Waals surface area contributed by atoms with Crippen LogP contribution in [0.25, 0.3) is 0 Å². The lowest BCUT2D eigenvalue weighted by molar-refractivity contribution is 0.282. The SMILES string of the molecule is CS(=O)(=O)CS(=O)(=O)Nc1ccc(CO)cc1. The van der Waals surface area contributed by atoms with Crippen molar-refractivity contribution in [1.82, 2.24) is 0 Å². The molecule has 0 saturated carbocycles. The van der Waals surface area contributed by atoms with Gasteiger partial charge >= 0.3 is 0 Å². The minimum absolute atomic E-state index is 0.142. The quantitative estimate of drug-likeness (QED) is 0.785. The molecule has 1 aromatic carbocycles. The molecule has 0 unspecified atom stereocenters. The molecule has 1 aromatic rings. The summed E-state index contributed by atoms with van der Waals surface area (Å²) < 4.78 is 46.8. The van der Waals surface area contributed by atoms with Crippen molar-refractivity contribution in [3.8, 4) is 0 Å². The van der Waals surface area contributed by atoms with Gasteiger partial charge in [-0.2, -0.15) is 0 Å². The molecule has 6 nitrogen and oxygen atoms in total. The number of nitrogens with one attached hydrogen (secondary N) is 1. The number of anilines is 1. The van der Waals surface area contributed by atoms with Gasteiger partial charge < -0.3 is 5.11 Å². The van der Waals surface area contributed by atoms with E-state index in [2.05, 4.69) is 4.72 Å². The summed E-state index contributed by atoms with van der Waals surface area (Å²) in [5.41, 5.74) is 0.891. The standard InChI is InChI=1S/C9H13NO5S2/c1-16(12,13)7-17(14,15)10-9-4-2-8(6-11)3-5-9/h2-5,10-11H,6-7H2,1H3. The lowest BCUT2D eigenvalue weighted by Gasteiger charge is -2.07. The first kappa shape index (κ1) is 13.9. The Balaban J connectivity index is 2.83. The van der Waals surface area contributed by atoms with Crippen LogP contribution in [-0.4, -0.2) is 33.3 Å². The van der Waals surface area contributed by atoms with Gasteiger partial charge in [0.25, 0.3) is 0 Å². The van der Waals surface area contributed by atoms with Crippen LogP contribution < -0.4 is 4.72 Å². The van der Waals surface area contributed by atoms with Gasteiger partial charge in [0.05, 0.1) is 6.61 Å². The van der Waals surface area contributed by atoms with E-state index in [1.165, 1.54) is 24.3 Å². The summed E-state index contributed by atoms with van der Waals surface area (Å²) in [4.78, 5) is 0. The van der Waals surface area contributed by atoms with Crippen molar-refractivity contribution in [2.24, 2.45) is 0 Å². The topological polar surface area (TPSA) is 101 Å². The number of sulfonamides is 1. The van der Waals surface area contributed by atoms with E-state index in [-0.39, 0.29) is 12.3 Å². The van der Waals surface area contributed by atoms with E-state index in [9.17, 15) is 16.8 Å². The van der Waals surface area contributed by atoms with Crippen LogP contribution in [0.1, 0.15) is 5.56 Å². The van der Waals surface area contributed by atoms with Gasteiger partial charge in [0.15, 0.2) is 14.9 Å². The van der Waals surface area contributed by atoms with Gasteiger partial charge in [0.1, 0.15) is 0 Å². The molecular weight excluding hydrogens is 266 g/mol. The molecule has 0 radical (unpaired) electrons. The average Bonchev–Trinajstić information content (AvgIpc) is 2.14. The molecule has 0 atom stereocenters. The molecule has 0 aliphatic heterocycles. The molecule has 0 aromatic heterocycles. The first-order valence-electron chi connectivity index (χ1n) is 4.60. The van der Waals surface area contributed by atoms with Crippen molar-refractivity contribution < 1.29 is 21.9 Å². The molecular formula is C9H13NO5S2. The molecule has 0 spiro atoms. The van der Waals surface area contributed by atoms with Gasteiger partial charge in [-0.05, 0) is 17.7 Å². The smallest absolute Gasteiger partial charge is 0.247 e. The van der Waals surface area contributed by atoms with Crippen molar-refractivity contribution in [1.29, 1.82) is 0 Å². The summed E-state index contributed by atoms with van der Waals surface area (Å²) in [6.07, 6.45) is 0.848. The fourth-order valence-corrected chi connectivity index (χ4v) is 4.15. The van der Waals surface area contributed by atoms with Crippen molar-refractivity contribution in [2.45, 2.75) is 6.61 Å². The second-order valence-electron chi connectivity index (χ2n) is 3.62. The Hall–Kier alpha value is -1.12. The number of aliphatic hydroxyl groups is 1. The minimum atomic E-state index is -3.91. The second kappa shape index (κ2) is 5.03. The summed E-state index contributed by atoms with van der Waals surface area (Å²) >= 11 is 0. The lowest BCUT2D eigenvalue weighted by atomic mass is 10.2. The third-order valence-electron chi connectivity index (χ3n) is 1.78. The van der Waals surface area contributed by atoms with E-state index >= 15 is 0 Å². The number of aliphatic hydroxyl groups excluding tert-OH is 1. The first-order chi connectivity index (χ1) is 7.72. The molecule has 0 heterocycles. The van der Waals surface area contributed by atoms with Gasteiger partial charge in [-0.3, -0.25) is 4.72 Å². The van der Waals surface area contributed by atoms with Gasteiger partial charge in [-0.25, -0.2) is 16.8 Å². The maximum Gasteiger partial charge on any atom is 0.247 e. The fourth-order valence-electron chi connectivity index (χ4n) is 1.17. The third kappa shape index (κ3) is 5.16. The van der Waals surface area contributed by atoms with E-state index in [4.69, 9.17) is 5.11 Å². The molecule has 0 bridgehead atoms. The Labute approximate surface area is 100 Å². The highest BCUT2D eigenvalue weighted by atomic mass is 32.3. The van der Waals surface area contributed by atoms with Crippen LogP contribution in [0.5, 0.6) is 0 Å². The summed E-state index contributed by atoms with van der Waals surface area (Å²) in [5, 5.41) is 7.84. The second-order valence-corrected chi connectivity index (χ2v) is 7.84. The molecule has 96 valence electrons. The Morgan fingerprint density at radius 3 is 2.06 bits per heavy atom. The van der Waals surface area contributed by atoms with E-state index in [0.29, 0.717) is 5.56 Å². The highest BCUT2D eigenvalue weighted by molar-refractivity contribution is 8.08. The molecule has 0 aliphatic carbocycles. The van der Waals surface area contributed by atoms with Crippen LogP contribution in [0.2, 0.25) is 0 Å². The number of hydrogen-bond donors (Lipinski definition) is 2. The Bertz CT molecular complexity index is 574. The third-order valence-corrected chi connectivity index (χ3v) is 5.28. The number of rotatable bonds is 5. The molecule has 2 N–H and O–H groups in total. The number of benzene rings is 1. The zero-order chi connectivity index (χ0) is 13.1. The summed E-state index contributed by atoms with van der Waals surface area (Å²) in [5.74, 6) is 0. The van der Waals surface area contributed by atoms with E-state index in [1.54, 1.807) is 0 Å². The maximum atomic E-state index is 11.4. The van der Waals surface area contributed by atoms with Gasteiger partial charge in [0, 0.05) is 11.9 Å². The summed E-state index contributed by atoms with van der Waals surface area (Å²) in [6, 6.07) is 5.98. The van der Waals surface area contributed by atoms with Crippen LogP contribution in [0, 0.1) is 0 Å². The van der Waals surface area contributed by atoms with Crippen LogP contribution in [0.4, 0.5) is 5.69 Å². The van der Waals surface area contributed by atoms with Crippen LogP contribution in [0.3, 0.4) is 0 Å². The fraction of sp³-hybridized carbons (Fsp3) is 0.333. The maximum absolute atomic E-state index is 11.4. The van der Waals surface area contributed by atoms with Crippen molar-refractivity contribution >= 4 is 25.5 Å². The molecule has 0 amide bonds. The largest absolute Gasteiger partial charge is 0.392 e. The molecule has 0 fully saturated rings. The summed E-state index contributed by atoms with van der Waals surface area (Å²) in [7, 11) is -7.52. The van der Waals surface area contributed by atoms with E-state index in [1.807, 2.05) is 0 Å². The van der Waals surface area contributed by atoms with Gasteiger partial charge in [-0.15, -0.1) is 0 Å². The molecule has 8 heteroatoms. The average molecular weight is 279 g/mol. The van der Waals surface area contributed by atoms with Gasteiger partial charge in [0.2, 0.25) is 10.0 Å². The van der Waals surface area contributed by atoms with Crippen LogP contribution in [-0.2, 0) is 26.5 Å². The molecule has 1 rings (SSSR count). The normalized spacial score (nSPS) is 12.4. The Morgan fingerprint density at radius 2 is 1.65 bits per heavy atom. The molecule has 17 heavy (non-hydrogen) atoms. The van der Waals surface area contributed by atoms with Crippen molar-refractivity contribution in [2.75, 3.05) is 16.1 Å². The highest BCUT2D eigenvalue weighted by Gasteiger charge is 2.17. The van der Waals surface area contributed by atoms with E-state index < -0.39 is 24.9 Å². The lowest BCUT2D eigenvalue weighted by Crippen LogP contribution is -2.22. The van der Waals surface area contributed by atoms with Gasteiger partial charge in [-0.1, -0.05) is 12.1 Å². The Kier molecular flexibility index (Phi) is 4.12. The van der Waals surface area contributed by atoms with Crippen LogP contribution in [0.15, 0.2) is 24.3 Å². The van der Waals surface area contributed by atoms with E-state index in [0.717, 1.165) is 6.26 Å². The molecule has 0 saturated heterocycles. The zero-order valence-electron chi connectivity index (χ0n) is 9.12.